The minimum absolute atomic E-state index is 0.385. The molecule has 0 spiro atoms. The molecule has 2 aromatic rings. The van der Waals surface area contributed by atoms with Gasteiger partial charge in [-0.25, -0.2) is 4.98 Å². The van der Waals surface area contributed by atoms with E-state index >= 15 is 0 Å². The third-order valence-corrected chi connectivity index (χ3v) is 3.03. The van der Waals surface area contributed by atoms with Gasteiger partial charge in [0.15, 0.2) is 0 Å². The molecule has 0 radical (unpaired) electrons. The van der Waals surface area contributed by atoms with Crippen molar-refractivity contribution < 1.29 is 0 Å². The largest absolute Gasteiger partial charge is 0.384 e. The summed E-state index contributed by atoms with van der Waals surface area (Å²) in [6.07, 6.45) is 7.39. The maximum absolute atomic E-state index is 5.72. The van der Waals surface area contributed by atoms with Gasteiger partial charge in [-0.15, -0.1) is 0 Å². The van der Waals surface area contributed by atoms with Gasteiger partial charge in [0.2, 0.25) is 0 Å². The van der Waals surface area contributed by atoms with Crippen LogP contribution in [0.15, 0.2) is 42.9 Å². The Morgan fingerprint density at radius 2 is 2.05 bits per heavy atom. The van der Waals surface area contributed by atoms with E-state index in [9.17, 15) is 0 Å². The Balaban J connectivity index is 2.04. The fourth-order valence-electron chi connectivity index (χ4n) is 2.21. The van der Waals surface area contributed by atoms with E-state index in [4.69, 9.17) is 5.73 Å². The first-order chi connectivity index (χ1) is 9.28. The molecule has 0 amide bonds. The molecule has 0 aliphatic rings. The van der Waals surface area contributed by atoms with Crippen LogP contribution in [0, 0.1) is 0 Å². The Hall–Kier alpha value is -1.94. The molecule has 0 saturated carbocycles. The molecule has 0 aromatic carbocycles. The summed E-state index contributed by atoms with van der Waals surface area (Å²) in [6, 6.07) is 8.43. The molecule has 4 nitrogen and oxygen atoms in total. The molecule has 4 heteroatoms. The number of nitrogens with one attached hydrogen (secondary N) is 1. The standard InChI is InChI=1S/C15H20N4/c1-2-18-14(9-13-4-3-6-17-11-13)8-12-5-7-19-15(16)10-12/h3-7,10-11,14,18H,2,8-9H2,1H3,(H2,16,19). The number of anilines is 1. The summed E-state index contributed by atoms with van der Waals surface area (Å²) in [6.45, 7) is 3.07. The van der Waals surface area contributed by atoms with Crippen molar-refractivity contribution in [3.05, 3.63) is 54.0 Å². The highest BCUT2D eigenvalue weighted by Crippen LogP contribution is 2.10. The average Bonchev–Trinajstić information content (AvgIpc) is 2.40. The van der Waals surface area contributed by atoms with Crippen molar-refractivity contribution in [3.8, 4) is 0 Å². The Labute approximate surface area is 114 Å². The molecule has 100 valence electrons. The number of nitrogen functional groups attached to an aromatic ring is 1. The third kappa shape index (κ3) is 4.34. The predicted molar refractivity (Wildman–Crippen MR) is 77.8 cm³/mol. The van der Waals surface area contributed by atoms with Crippen LogP contribution in [0.25, 0.3) is 0 Å². The highest BCUT2D eigenvalue weighted by Gasteiger charge is 2.10. The second kappa shape index (κ2) is 6.85. The van der Waals surface area contributed by atoms with Gasteiger partial charge in [0.25, 0.3) is 0 Å². The zero-order chi connectivity index (χ0) is 13.5. The Kier molecular flexibility index (Phi) is 4.86. The van der Waals surface area contributed by atoms with Crippen molar-refractivity contribution in [2.45, 2.75) is 25.8 Å². The normalized spacial score (nSPS) is 12.3. The molecule has 0 bridgehead atoms. The summed E-state index contributed by atoms with van der Waals surface area (Å²) < 4.78 is 0. The minimum Gasteiger partial charge on any atom is -0.384 e. The Morgan fingerprint density at radius 3 is 2.74 bits per heavy atom. The number of aromatic nitrogens is 2. The fourth-order valence-corrected chi connectivity index (χ4v) is 2.21. The molecular formula is C15H20N4. The molecule has 2 heterocycles. The summed E-state index contributed by atoms with van der Waals surface area (Å²) in [7, 11) is 0. The Morgan fingerprint density at radius 1 is 1.21 bits per heavy atom. The van der Waals surface area contributed by atoms with Gasteiger partial charge in [-0.1, -0.05) is 13.0 Å². The van der Waals surface area contributed by atoms with Gasteiger partial charge in [-0.05, 0) is 48.7 Å². The maximum atomic E-state index is 5.72. The Bertz CT molecular complexity index is 499. The van der Waals surface area contributed by atoms with Crippen LogP contribution in [-0.2, 0) is 12.8 Å². The number of hydrogen-bond acceptors (Lipinski definition) is 4. The van der Waals surface area contributed by atoms with E-state index in [0.29, 0.717) is 11.9 Å². The molecule has 19 heavy (non-hydrogen) atoms. The molecule has 1 atom stereocenters. The van der Waals surface area contributed by atoms with Crippen molar-refractivity contribution in [1.29, 1.82) is 0 Å². The van der Waals surface area contributed by atoms with E-state index in [-0.39, 0.29) is 0 Å². The molecule has 2 rings (SSSR count). The zero-order valence-corrected chi connectivity index (χ0v) is 11.2. The van der Waals surface area contributed by atoms with Gasteiger partial charge in [0.05, 0.1) is 0 Å². The summed E-state index contributed by atoms with van der Waals surface area (Å²) in [5.41, 5.74) is 8.18. The van der Waals surface area contributed by atoms with Crippen LogP contribution in [0.3, 0.4) is 0 Å². The lowest BCUT2D eigenvalue weighted by Gasteiger charge is -2.18. The summed E-state index contributed by atoms with van der Waals surface area (Å²) >= 11 is 0. The number of nitrogens with zero attached hydrogens (tertiary/aromatic N) is 2. The van der Waals surface area contributed by atoms with E-state index in [1.807, 2.05) is 24.4 Å². The lowest BCUT2D eigenvalue weighted by molar-refractivity contribution is 0.521. The summed E-state index contributed by atoms with van der Waals surface area (Å²) in [4.78, 5) is 8.19. The van der Waals surface area contributed by atoms with Crippen LogP contribution in [0.1, 0.15) is 18.1 Å². The molecule has 0 saturated heterocycles. The van der Waals surface area contributed by atoms with Crippen LogP contribution in [-0.4, -0.2) is 22.6 Å². The van der Waals surface area contributed by atoms with E-state index in [1.165, 1.54) is 11.1 Å². The van der Waals surface area contributed by atoms with Crippen molar-refractivity contribution in [3.63, 3.8) is 0 Å². The first-order valence-electron chi connectivity index (χ1n) is 6.60. The average molecular weight is 256 g/mol. The van der Waals surface area contributed by atoms with Crippen LogP contribution in [0.2, 0.25) is 0 Å². The summed E-state index contributed by atoms with van der Waals surface area (Å²) in [5, 5.41) is 3.51. The van der Waals surface area contributed by atoms with E-state index in [2.05, 4.69) is 28.3 Å². The van der Waals surface area contributed by atoms with E-state index in [0.717, 1.165) is 19.4 Å². The van der Waals surface area contributed by atoms with Crippen molar-refractivity contribution in [2.75, 3.05) is 12.3 Å². The second-order valence-electron chi connectivity index (χ2n) is 4.61. The van der Waals surface area contributed by atoms with Crippen molar-refractivity contribution in [1.82, 2.24) is 15.3 Å². The second-order valence-corrected chi connectivity index (χ2v) is 4.61. The summed E-state index contributed by atoms with van der Waals surface area (Å²) in [5.74, 6) is 0.578. The molecule has 0 aliphatic heterocycles. The SMILES string of the molecule is CCNC(Cc1cccnc1)Cc1ccnc(N)c1. The lowest BCUT2D eigenvalue weighted by atomic mass is 10.0. The number of hydrogen-bond donors (Lipinski definition) is 2. The molecule has 0 fully saturated rings. The van der Waals surface area contributed by atoms with E-state index < -0.39 is 0 Å². The van der Waals surface area contributed by atoms with Crippen LogP contribution in [0.5, 0.6) is 0 Å². The van der Waals surface area contributed by atoms with E-state index in [1.54, 1.807) is 12.4 Å². The number of likely N-dealkylation sites (N-methyl/N-ethyl adjacent to an activating group) is 1. The van der Waals surface area contributed by atoms with Crippen LogP contribution >= 0.6 is 0 Å². The highest BCUT2D eigenvalue weighted by molar-refractivity contribution is 5.32. The van der Waals surface area contributed by atoms with Gasteiger partial charge in [0, 0.05) is 24.6 Å². The lowest BCUT2D eigenvalue weighted by Crippen LogP contribution is -2.33. The minimum atomic E-state index is 0.385. The van der Waals surface area contributed by atoms with Gasteiger partial charge in [0.1, 0.15) is 5.82 Å². The quantitative estimate of drug-likeness (QED) is 0.827. The van der Waals surface area contributed by atoms with Gasteiger partial charge in [-0.2, -0.15) is 0 Å². The topological polar surface area (TPSA) is 63.8 Å². The predicted octanol–water partition coefficient (Wildman–Crippen LogP) is 1.82. The maximum Gasteiger partial charge on any atom is 0.123 e. The van der Waals surface area contributed by atoms with Crippen LogP contribution < -0.4 is 11.1 Å². The number of pyridine rings is 2. The van der Waals surface area contributed by atoms with Crippen molar-refractivity contribution in [2.24, 2.45) is 0 Å². The highest BCUT2D eigenvalue weighted by atomic mass is 14.9. The molecule has 2 aromatic heterocycles. The van der Waals surface area contributed by atoms with Gasteiger partial charge < -0.3 is 11.1 Å². The molecule has 1 unspecified atom stereocenters. The number of nitrogens with two attached hydrogens (primary N) is 1. The smallest absolute Gasteiger partial charge is 0.123 e. The van der Waals surface area contributed by atoms with Gasteiger partial charge in [-0.3, -0.25) is 4.98 Å². The fraction of sp³-hybridized carbons (Fsp3) is 0.333. The van der Waals surface area contributed by atoms with Gasteiger partial charge >= 0.3 is 0 Å². The van der Waals surface area contributed by atoms with Crippen molar-refractivity contribution >= 4 is 5.82 Å². The van der Waals surface area contributed by atoms with Crippen LogP contribution in [0.4, 0.5) is 5.82 Å². The monoisotopic (exact) mass is 256 g/mol. The molecule has 0 aliphatic carbocycles. The third-order valence-electron chi connectivity index (χ3n) is 3.03. The number of rotatable bonds is 6. The zero-order valence-electron chi connectivity index (χ0n) is 11.2. The molecule has 3 N–H and O–H groups in total. The molecular weight excluding hydrogens is 236 g/mol. The first-order valence-corrected chi connectivity index (χ1v) is 6.60. The first kappa shape index (κ1) is 13.5.